The van der Waals surface area contributed by atoms with Gasteiger partial charge >= 0.3 is 0 Å². The van der Waals surface area contributed by atoms with Crippen molar-refractivity contribution < 1.29 is 13.6 Å². The number of anilines is 2. The van der Waals surface area contributed by atoms with Gasteiger partial charge in [-0.1, -0.05) is 26.3 Å². The zero-order valence-corrected chi connectivity index (χ0v) is 24.6. The number of halogens is 2. The molecule has 4 heterocycles. The fraction of sp³-hybridized carbons (Fsp3) is 0.345. The maximum atomic E-state index is 13.9. The third-order valence-electron chi connectivity index (χ3n) is 6.83. The Morgan fingerprint density at radius 3 is 2.83 bits per heavy atom. The summed E-state index contributed by atoms with van der Waals surface area (Å²) in [6.07, 6.45) is 9.58. The maximum absolute atomic E-state index is 13.9. The van der Waals surface area contributed by atoms with Crippen LogP contribution in [0.3, 0.4) is 0 Å². The molecule has 5 aromatic rings. The number of nitrogens with one attached hydrogen (secondary N) is 2. The summed E-state index contributed by atoms with van der Waals surface area (Å²) in [5, 5.41) is 11.3. The molecule has 0 bridgehead atoms. The number of carbonyl (C=O) groups is 1. The third kappa shape index (κ3) is 6.63. The lowest BCUT2D eigenvalue weighted by Crippen LogP contribution is -2.28. The molecular formula is C29H33F2N9OS. The molecule has 13 heteroatoms. The predicted molar refractivity (Wildman–Crippen MR) is 159 cm³/mol. The second kappa shape index (κ2) is 13.2. The first-order valence-corrected chi connectivity index (χ1v) is 14.7. The molecule has 0 aliphatic carbocycles. The lowest BCUT2D eigenvalue weighted by Gasteiger charge is -2.18. The Morgan fingerprint density at radius 1 is 1.17 bits per heavy atom. The van der Waals surface area contributed by atoms with Crippen LogP contribution in [0.15, 0.2) is 49.1 Å². The molecule has 1 aromatic carbocycles. The summed E-state index contributed by atoms with van der Waals surface area (Å²) in [6, 6.07) is 5.58. The van der Waals surface area contributed by atoms with Gasteiger partial charge in [0.1, 0.15) is 5.00 Å². The standard InChI is InChI=1S/C29H33F2N9OS/c1-4-6-11-38(5-2)18-21-13-25(42-37-21)36-27-28-33-15-24(40(28)16-19(3)35-27)20-14-34-39(17-20)12-10-32-29(41)22-8-7-9-23(30)26(22)31/h7-9,13-17H,4-6,10-12,18H2,1-3H3,(H,32,41)(H,35,36). The van der Waals surface area contributed by atoms with Gasteiger partial charge in [0, 0.05) is 31.0 Å². The van der Waals surface area contributed by atoms with Gasteiger partial charge in [0.25, 0.3) is 5.91 Å². The molecular weight excluding hydrogens is 560 g/mol. The molecule has 0 saturated carbocycles. The first-order chi connectivity index (χ1) is 20.4. The highest BCUT2D eigenvalue weighted by Crippen LogP contribution is 2.28. The van der Waals surface area contributed by atoms with E-state index in [0.29, 0.717) is 18.0 Å². The van der Waals surface area contributed by atoms with Gasteiger partial charge in [-0.2, -0.15) is 9.47 Å². The summed E-state index contributed by atoms with van der Waals surface area (Å²) in [5.74, 6) is -2.27. The molecule has 1 amide bonds. The minimum absolute atomic E-state index is 0.186. The van der Waals surface area contributed by atoms with E-state index in [0.717, 1.165) is 53.3 Å². The molecule has 220 valence electrons. The second-order valence-electron chi connectivity index (χ2n) is 9.95. The van der Waals surface area contributed by atoms with Gasteiger partial charge in [0.15, 0.2) is 23.1 Å². The number of aromatic nitrogens is 6. The molecule has 5 rings (SSSR count). The van der Waals surface area contributed by atoms with E-state index in [4.69, 9.17) is 4.98 Å². The number of rotatable bonds is 13. The van der Waals surface area contributed by atoms with Gasteiger partial charge in [-0.3, -0.25) is 18.8 Å². The number of aryl methyl sites for hydroxylation is 1. The largest absolute Gasteiger partial charge is 0.350 e. The Balaban J connectivity index is 1.26. The molecule has 0 aliphatic rings. The first-order valence-electron chi connectivity index (χ1n) is 13.9. The Bertz CT molecular complexity index is 1680. The van der Waals surface area contributed by atoms with Crippen LogP contribution in [0.4, 0.5) is 19.6 Å². The third-order valence-corrected chi connectivity index (χ3v) is 7.57. The second-order valence-corrected chi connectivity index (χ2v) is 10.8. The highest BCUT2D eigenvalue weighted by atomic mass is 32.1. The zero-order valence-electron chi connectivity index (χ0n) is 23.8. The Labute approximate surface area is 246 Å². The van der Waals surface area contributed by atoms with Crippen LogP contribution >= 0.6 is 11.5 Å². The van der Waals surface area contributed by atoms with Crippen molar-refractivity contribution in [3.8, 4) is 11.3 Å². The molecule has 0 unspecified atom stereocenters. The first kappa shape index (κ1) is 29.3. The summed E-state index contributed by atoms with van der Waals surface area (Å²) < 4.78 is 35.6. The smallest absolute Gasteiger partial charge is 0.254 e. The molecule has 0 saturated heterocycles. The van der Waals surface area contributed by atoms with E-state index in [1.165, 1.54) is 36.5 Å². The molecule has 0 aliphatic heterocycles. The van der Waals surface area contributed by atoms with Crippen molar-refractivity contribution in [2.45, 2.75) is 46.7 Å². The molecule has 2 N–H and O–H groups in total. The highest BCUT2D eigenvalue weighted by Gasteiger charge is 2.17. The number of nitrogens with zero attached hydrogens (tertiary/aromatic N) is 7. The monoisotopic (exact) mass is 593 g/mol. The molecule has 0 radical (unpaired) electrons. The Morgan fingerprint density at radius 2 is 2.02 bits per heavy atom. The molecule has 0 spiro atoms. The van der Waals surface area contributed by atoms with E-state index in [2.05, 4.69) is 49.9 Å². The van der Waals surface area contributed by atoms with Crippen LogP contribution in [0.1, 0.15) is 48.4 Å². The van der Waals surface area contributed by atoms with Crippen molar-refractivity contribution in [3.63, 3.8) is 0 Å². The zero-order chi connectivity index (χ0) is 29.6. The van der Waals surface area contributed by atoms with Crippen molar-refractivity contribution in [1.82, 2.24) is 38.7 Å². The quantitative estimate of drug-likeness (QED) is 0.188. The molecule has 0 atom stereocenters. The molecule has 4 aromatic heterocycles. The Hall–Kier alpha value is -4.23. The average molecular weight is 594 g/mol. The SMILES string of the molecule is CCCCN(CC)Cc1cc(Nc2nc(C)cn3c(-c4cnn(CCNC(=O)c5cccc(F)c5F)c4)cnc23)sn1. The minimum Gasteiger partial charge on any atom is -0.350 e. The van der Waals surface area contributed by atoms with E-state index < -0.39 is 17.5 Å². The van der Waals surface area contributed by atoms with Crippen LogP contribution in [0.2, 0.25) is 0 Å². The number of hydrogen-bond acceptors (Lipinski definition) is 8. The van der Waals surface area contributed by atoms with Crippen molar-refractivity contribution in [1.29, 1.82) is 0 Å². The van der Waals surface area contributed by atoms with Crippen LogP contribution in [0, 0.1) is 18.6 Å². The number of carbonyl (C=O) groups excluding carboxylic acids is 1. The topological polar surface area (TPSA) is 105 Å². The summed E-state index contributed by atoms with van der Waals surface area (Å²) in [6.45, 7) is 9.68. The van der Waals surface area contributed by atoms with E-state index in [9.17, 15) is 13.6 Å². The van der Waals surface area contributed by atoms with E-state index >= 15 is 0 Å². The van der Waals surface area contributed by atoms with Crippen molar-refractivity contribution in [2.24, 2.45) is 0 Å². The number of hydrogen-bond donors (Lipinski definition) is 2. The number of benzene rings is 1. The van der Waals surface area contributed by atoms with Crippen LogP contribution in [0.25, 0.3) is 16.9 Å². The predicted octanol–water partition coefficient (Wildman–Crippen LogP) is 5.43. The van der Waals surface area contributed by atoms with Crippen LogP contribution in [0.5, 0.6) is 0 Å². The summed E-state index contributed by atoms with van der Waals surface area (Å²) in [4.78, 5) is 24.0. The Kier molecular flexibility index (Phi) is 9.18. The van der Waals surface area contributed by atoms with E-state index in [1.807, 2.05) is 23.7 Å². The maximum Gasteiger partial charge on any atom is 0.254 e. The van der Waals surface area contributed by atoms with Crippen LogP contribution < -0.4 is 10.6 Å². The van der Waals surface area contributed by atoms with Gasteiger partial charge in [-0.05, 0) is 56.2 Å². The van der Waals surface area contributed by atoms with Crippen molar-refractivity contribution >= 4 is 33.9 Å². The normalized spacial score (nSPS) is 11.5. The summed E-state index contributed by atoms with van der Waals surface area (Å²) in [7, 11) is 0. The number of imidazole rings is 1. The van der Waals surface area contributed by atoms with Crippen molar-refractivity contribution in [3.05, 3.63) is 77.6 Å². The highest BCUT2D eigenvalue weighted by molar-refractivity contribution is 7.10. The fourth-order valence-electron chi connectivity index (χ4n) is 4.60. The van der Waals surface area contributed by atoms with Gasteiger partial charge < -0.3 is 10.6 Å². The van der Waals surface area contributed by atoms with Gasteiger partial charge in [-0.25, -0.2) is 18.7 Å². The number of amides is 1. The fourth-order valence-corrected chi connectivity index (χ4v) is 5.26. The van der Waals surface area contributed by atoms with Gasteiger partial charge in [0.2, 0.25) is 0 Å². The molecule has 10 nitrogen and oxygen atoms in total. The van der Waals surface area contributed by atoms with Crippen LogP contribution in [-0.4, -0.2) is 59.0 Å². The summed E-state index contributed by atoms with van der Waals surface area (Å²) in [5.41, 5.74) is 3.83. The lowest BCUT2D eigenvalue weighted by atomic mass is 10.2. The number of fused-ring (bicyclic) bond motifs is 1. The minimum atomic E-state index is -1.16. The van der Waals surface area contributed by atoms with Gasteiger partial charge in [-0.15, -0.1) is 0 Å². The van der Waals surface area contributed by atoms with Crippen molar-refractivity contribution in [2.75, 3.05) is 25.0 Å². The van der Waals surface area contributed by atoms with E-state index in [-0.39, 0.29) is 12.1 Å². The average Bonchev–Trinajstić information content (AvgIpc) is 3.72. The van der Waals surface area contributed by atoms with Gasteiger partial charge in [0.05, 0.1) is 41.6 Å². The summed E-state index contributed by atoms with van der Waals surface area (Å²) >= 11 is 1.40. The molecule has 42 heavy (non-hydrogen) atoms. The lowest BCUT2D eigenvalue weighted by molar-refractivity contribution is 0.0947. The van der Waals surface area contributed by atoms with Crippen LogP contribution in [-0.2, 0) is 13.1 Å². The van der Waals surface area contributed by atoms with E-state index in [1.54, 1.807) is 17.1 Å². The number of unbranched alkanes of at least 4 members (excludes halogenated alkanes) is 1. The molecule has 0 fully saturated rings.